The molecule has 10 heteroatoms. The maximum atomic E-state index is 11.8. The molecule has 2 atom stereocenters. The zero-order valence-corrected chi connectivity index (χ0v) is 16.2. The molecule has 0 spiro atoms. The van der Waals surface area contributed by atoms with E-state index in [0.29, 0.717) is 16.5 Å². The van der Waals surface area contributed by atoms with Gasteiger partial charge in [0.2, 0.25) is 5.95 Å². The quantitative estimate of drug-likeness (QED) is 0.374. The molecule has 9 nitrogen and oxygen atoms in total. The number of ketones is 1. The number of carbonyl (C=O) groups excluding carboxylic acids is 2. The van der Waals surface area contributed by atoms with Gasteiger partial charge >= 0.3 is 5.97 Å². The van der Waals surface area contributed by atoms with E-state index < -0.39 is 28.3 Å². The standard InChI is InChI=1S/C10H10N4OS.C7H13NO3/c11-8-2-4-9(5-3-8)16(15)14-10-12-6-1-7-13-10;1-4-11-6(10)7(3,8)5(2)9/h1-7H,11H2,(H,12,13,14);4,8H2,1-3H3. The number of Topliss-reactive ketones (excluding diaryl/α,β-unsaturated/α-hetero) is 1. The van der Waals surface area contributed by atoms with Crippen LogP contribution in [0.1, 0.15) is 20.8 Å². The first-order chi connectivity index (χ1) is 12.7. The summed E-state index contributed by atoms with van der Waals surface area (Å²) in [6.45, 7) is 4.50. The third-order valence-corrected chi connectivity index (χ3v) is 4.34. The predicted octanol–water partition coefficient (Wildman–Crippen LogP) is 1.05. The van der Waals surface area contributed by atoms with E-state index in [1.807, 2.05) is 0 Å². The molecule has 0 aliphatic heterocycles. The Kier molecular flexibility index (Phi) is 8.49. The molecule has 27 heavy (non-hydrogen) atoms. The van der Waals surface area contributed by atoms with E-state index in [4.69, 9.17) is 11.5 Å². The molecular formula is C17H23N5O4S. The fraction of sp³-hybridized carbons (Fsp3) is 0.294. The molecule has 0 saturated carbocycles. The predicted molar refractivity (Wildman–Crippen MR) is 103 cm³/mol. The summed E-state index contributed by atoms with van der Waals surface area (Å²) in [6, 6.07) is 8.47. The van der Waals surface area contributed by atoms with Crippen LogP contribution in [0.3, 0.4) is 0 Å². The molecular weight excluding hydrogens is 370 g/mol. The fourth-order valence-corrected chi connectivity index (χ4v) is 2.28. The summed E-state index contributed by atoms with van der Waals surface area (Å²) in [5.74, 6) is -0.735. The number of carbonyl (C=O) groups is 2. The summed E-state index contributed by atoms with van der Waals surface area (Å²) in [5.41, 5.74) is 10.0. The van der Waals surface area contributed by atoms with Crippen molar-refractivity contribution in [3.05, 3.63) is 42.7 Å². The smallest absolute Gasteiger partial charge is 0.333 e. The van der Waals surface area contributed by atoms with Crippen LogP contribution in [0.25, 0.3) is 0 Å². The Morgan fingerprint density at radius 2 is 1.78 bits per heavy atom. The van der Waals surface area contributed by atoms with Crippen molar-refractivity contribution in [2.24, 2.45) is 5.73 Å². The number of nitrogens with one attached hydrogen (secondary N) is 1. The summed E-state index contributed by atoms with van der Waals surface area (Å²) >= 11 is 0. The summed E-state index contributed by atoms with van der Waals surface area (Å²) in [6.07, 6.45) is 3.16. The highest BCUT2D eigenvalue weighted by Crippen LogP contribution is 2.11. The van der Waals surface area contributed by atoms with Crippen LogP contribution in [0.15, 0.2) is 47.6 Å². The molecule has 0 fully saturated rings. The Balaban J connectivity index is 0.000000293. The second-order valence-electron chi connectivity index (χ2n) is 5.49. The highest BCUT2D eigenvalue weighted by atomic mass is 32.2. The van der Waals surface area contributed by atoms with E-state index in [2.05, 4.69) is 19.4 Å². The number of rotatable bonds is 6. The van der Waals surface area contributed by atoms with E-state index in [1.54, 1.807) is 49.6 Å². The Hall–Kier alpha value is -2.85. The number of ether oxygens (including phenoxy) is 1. The van der Waals surface area contributed by atoms with E-state index in [9.17, 15) is 13.8 Å². The van der Waals surface area contributed by atoms with Crippen LogP contribution in [0.2, 0.25) is 0 Å². The maximum absolute atomic E-state index is 11.8. The number of nitrogens with two attached hydrogens (primary N) is 2. The molecule has 2 unspecified atom stereocenters. The van der Waals surface area contributed by atoms with E-state index in [1.165, 1.54) is 13.8 Å². The van der Waals surface area contributed by atoms with Gasteiger partial charge in [-0.15, -0.1) is 0 Å². The molecule has 0 bridgehead atoms. The van der Waals surface area contributed by atoms with Gasteiger partial charge in [0, 0.05) is 18.1 Å². The summed E-state index contributed by atoms with van der Waals surface area (Å²) in [5, 5.41) is 0. The molecule has 0 saturated heterocycles. The van der Waals surface area contributed by atoms with Crippen LogP contribution in [-0.4, -0.2) is 38.1 Å². The molecule has 1 aromatic heterocycles. The molecule has 2 aromatic rings. The number of hydrogen-bond donors (Lipinski definition) is 3. The van der Waals surface area contributed by atoms with Crippen molar-refractivity contribution in [3.8, 4) is 0 Å². The lowest BCUT2D eigenvalue weighted by Crippen LogP contribution is -2.52. The number of anilines is 2. The minimum atomic E-state index is -1.49. The van der Waals surface area contributed by atoms with Gasteiger partial charge in [-0.25, -0.2) is 19.0 Å². The molecule has 0 aliphatic carbocycles. The largest absolute Gasteiger partial charge is 0.464 e. The topological polar surface area (TPSA) is 150 Å². The Labute approximate surface area is 160 Å². The number of nitrogens with zero attached hydrogens (tertiary/aromatic N) is 2. The lowest BCUT2D eigenvalue weighted by molar-refractivity contribution is -0.152. The Morgan fingerprint density at radius 3 is 2.26 bits per heavy atom. The fourth-order valence-electron chi connectivity index (χ4n) is 1.51. The molecule has 1 aromatic carbocycles. The van der Waals surface area contributed by atoms with Crippen LogP contribution < -0.4 is 16.2 Å². The minimum absolute atomic E-state index is 0.235. The first-order valence-electron chi connectivity index (χ1n) is 7.96. The first kappa shape index (κ1) is 22.2. The maximum Gasteiger partial charge on any atom is 0.333 e. The SMILES string of the molecule is CCOC(=O)C(C)(N)C(C)=O.Nc1ccc(S(=O)Nc2ncccn2)cc1. The van der Waals surface area contributed by atoms with E-state index in [0.717, 1.165) is 0 Å². The lowest BCUT2D eigenvalue weighted by atomic mass is 10.00. The number of benzene rings is 1. The van der Waals surface area contributed by atoms with Crippen molar-refractivity contribution in [2.75, 3.05) is 17.1 Å². The molecule has 2 rings (SSSR count). The minimum Gasteiger partial charge on any atom is -0.464 e. The van der Waals surface area contributed by atoms with Gasteiger partial charge in [-0.1, -0.05) is 0 Å². The van der Waals surface area contributed by atoms with Gasteiger partial charge < -0.3 is 16.2 Å². The zero-order chi connectivity index (χ0) is 20.4. The number of esters is 1. The molecule has 5 N–H and O–H groups in total. The molecule has 0 radical (unpaired) electrons. The van der Waals surface area contributed by atoms with Crippen LogP contribution in [0.4, 0.5) is 11.6 Å². The number of nitrogen functional groups attached to an aromatic ring is 1. The number of aromatic nitrogens is 2. The van der Waals surface area contributed by atoms with Crippen molar-refractivity contribution >= 4 is 34.4 Å². The molecule has 146 valence electrons. The normalized spacial score (nSPS) is 13.3. The Bertz CT molecular complexity index is 782. The van der Waals surface area contributed by atoms with Crippen molar-refractivity contribution < 1.29 is 18.5 Å². The second kappa shape index (κ2) is 10.3. The van der Waals surface area contributed by atoms with E-state index in [-0.39, 0.29) is 6.61 Å². The average molecular weight is 393 g/mol. The van der Waals surface area contributed by atoms with Crippen LogP contribution in [-0.2, 0) is 25.3 Å². The van der Waals surface area contributed by atoms with Crippen LogP contribution >= 0.6 is 0 Å². The third-order valence-electron chi connectivity index (χ3n) is 3.27. The number of hydrogen-bond acceptors (Lipinski definition) is 8. The molecule has 0 aliphatic rings. The van der Waals surface area contributed by atoms with Crippen molar-refractivity contribution in [2.45, 2.75) is 31.2 Å². The summed E-state index contributed by atoms with van der Waals surface area (Å²) in [7, 11) is -1.37. The lowest BCUT2D eigenvalue weighted by Gasteiger charge is -2.17. The van der Waals surface area contributed by atoms with Gasteiger partial charge in [0.15, 0.2) is 22.3 Å². The summed E-state index contributed by atoms with van der Waals surface area (Å²) in [4.78, 5) is 30.2. The van der Waals surface area contributed by atoms with Gasteiger partial charge in [-0.3, -0.25) is 9.52 Å². The highest BCUT2D eigenvalue weighted by Gasteiger charge is 2.34. The third kappa shape index (κ3) is 7.12. The van der Waals surface area contributed by atoms with Crippen molar-refractivity contribution in [1.82, 2.24) is 9.97 Å². The first-order valence-corrected chi connectivity index (χ1v) is 9.11. The highest BCUT2D eigenvalue weighted by molar-refractivity contribution is 7.86. The average Bonchev–Trinajstić information content (AvgIpc) is 2.63. The van der Waals surface area contributed by atoms with Gasteiger partial charge in [0.25, 0.3) is 0 Å². The van der Waals surface area contributed by atoms with Gasteiger partial charge in [0.1, 0.15) is 0 Å². The summed E-state index contributed by atoms with van der Waals surface area (Å²) < 4.78 is 19.1. The Morgan fingerprint density at radius 1 is 1.22 bits per heavy atom. The second-order valence-corrected chi connectivity index (χ2v) is 6.70. The van der Waals surface area contributed by atoms with Gasteiger partial charge in [-0.05, 0) is 51.1 Å². The van der Waals surface area contributed by atoms with Gasteiger partial charge in [-0.2, -0.15) is 0 Å². The van der Waals surface area contributed by atoms with Crippen LogP contribution in [0.5, 0.6) is 0 Å². The molecule has 1 heterocycles. The molecule has 0 amide bonds. The van der Waals surface area contributed by atoms with Crippen molar-refractivity contribution in [1.29, 1.82) is 0 Å². The monoisotopic (exact) mass is 393 g/mol. The van der Waals surface area contributed by atoms with Gasteiger partial charge in [0.05, 0.1) is 11.5 Å². The zero-order valence-electron chi connectivity index (χ0n) is 15.3. The van der Waals surface area contributed by atoms with E-state index >= 15 is 0 Å². The van der Waals surface area contributed by atoms with Crippen LogP contribution in [0, 0.1) is 0 Å². The van der Waals surface area contributed by atoms with Crippen molar-refractivity contribution in [3.63, 3.8) is 0 Å².